The number of hydrogen-bond acceptors (Lipinski definition) is 2. The molecule has 0 aliphatic rings. The summed E-state index contributed by atoms with van der Waals surface area (Å²) in [5.74, 6) is -1.24. The molecule has 0 fully saturated rings. The minimum Gasteiger partial charge on any atom is -0.258 e. The third-order valence-electron chi connectivity index (χ3n) is 1.76. The van der Waals surface area contributed by atoms with E-state index in [0.717, 1.165) is 6.92 Å². The molecule has 0 atom stereocenters. The van der Waals surface area contributed by atoms with Crippen molar-refractivity contribution in [2.45, 2.75) is 13.1 Å². The Morgan fingerprint density at radius 2 is 1.87 bits per heavy atom. The molecule has 0 radical (unpaired) electrons. The van der Waals surface area contributed by atoms with Crippen molar-refractivity contribution in [2.75, 3.05) is 0 Å². The van der Waals surface area contributed by atoms with Gasteiger partial charge in [-0.15, -0.1) is 0 Å². The highest BCUT2D eigenvalue weighted by molar-refractivity contribution is 5.41. The van der Waals surface area contributed by atoms with E-state index in [-0.39, 0.29) is 6.07 Å². The molecule has 1 rings (SSSR count). The van der Waals surface area contributed by atoms with Crippen LogP contribution in [-0.2, 0) is 6.18 Å². The second-order valence-electron chi connectivity index (χ2n) is 2.88. The Hall–Kier alpha value is -1.66. The van der Waals surface area contributed by atoms with Gasteiger partial charge in [0.05, 0.1) is 10.5 Å². The summed E-state index contributed by atoms with van der Waals surface area (Å²) in [6.45, 7) is 1.04. The predicted octanol–water partition coefficient (Wildman–Crippen LogP) is 3.06. The first-order valence-electron chi connectivity index (χ1n) is 3.75. The highest BCUT2D eigenvalue weighted by Gasteiger charge is 2.34. The number of rotatable bonds is 1. The van der Waals surface area contributed by atoms with Crippen LogP contribution >= 0.6 is 0 Å². The molecule has 15 heavy (non-hydrogen) atoms. The Morgan fingerprint density at radius 3 is 2.27 bits per heavy atom. The minimum atomic E-state index is -4.72. The SMILES string of the molecule is Cc1cc(C(F)(F)F)cc([N+](=O)[O-])c1F. The van der Waals surface area contributed by atoms with Crippen molar-refractivity contribution >= 4 is 5.69 Å². The maximum atomic E-state index is 13.0. The van der Waals surface area contributed by atoms with Crippen LogP contribution in [0.1, 0.15) is 11.1 Å². The first-order chi connectivity index (χ1) is 6.73. The molecule has 0 spiro atoms. The zero-order chi connectivity index (χ0) is 11.8. The molecule has 0 saturated heterocycles. The fourth-order valence-corrected chi connectivity index (χ4v) is 1.05. The number of aryl methyl sites for hydroxylation is 1. The average molecular weight is 223 g/mol. The van der Waals surface area contributed by atoms with Crippen molar-refractivity contribution in [2.24, 2.45) is 0 Å². The minimum absolute atomic E-state index is 0.183. The Kier molecular flexibility index (Phi) is 2.65. The maximum absolute atomic E-state index is 13.0. The van der Waals surface area contributed by atoms with E-state index < -0.39 is 33.7 Å². The van der Waals surface area contributed by atoms with Crippen LogP contribution in [0.5, 0.6) is 0 Å². The molecule has 82 valence electrons. The van der Waals surface area contributed by atoms with Gasteiger partial charge in [0, 0.05) is 6.07 Å². The van der Waals surface area contributed by atoms with Gasteiger partial charge in [0.25, 0.3) is 0 Å². The van der Waals surface area contributed by atoms with Gasteiger partial charge in [-0.05, 0) is 18.6 Å². The highest BCUT2D eigenvalue weighted by atomic mass is 19.4. The van der Waals surface area contributed by atoms with E-state index in [1.165, 1.54) is 0 Å². The summed E-state index contributed by atoms with van der Waals surface area (Å²) < 4.78 is 49.6. The largest absolute Gasteiger partial charge is 0.416 e. The molecule has 0 aromatic heterocycles. The topological polar surface area (TPSA) is 43.1 Å². The van der Waals surface area contributed by atoms with Crippen LogP contribution in [0, 0.1) is 22.9 Å². The molecule has 0 aliphatic heterocycles. The zero-order valence-electron chi connectivity index (χ0n) is 7.43. The van der Waals surface area contributed by atoms with Crippen LogP contribution in [-0.4, -0.2) is 4.92 Å². The molecular weight excluding hydrogens is 218 g/mol. The van der Waals surface area contributed by atoms with Crippen LogP contribution < -0.4 is 0 Å². The third-order valence-corrected chi connectivity index (χ3v) is 1.76. The first-order valence-corrected chi connectivity index (χ1v) is 3.75. The summed E-state index contributed by atoms with van der Waals surface area (Å²) in [6.07, 6.45) is -4.72. The lowest BCUT2D eigenvalue weighted by Gasteiger charge is -2.07. The Labute approximate surface area is 81.5 Å². The standard InChI is InChI=1S/C8H5F4NO2/c1-4-2-5(8(10,11)12)3-6(7(4)9)13(14)15/h2-3H,1H3. The molecular formula is C8H5F4NO2. The van der Waals surface area contributed by atoms with Gasteiger partial charge in [-0.25, -0.2) is 0 Å². The van der Waals surface area contributed by atoms with E-state index in [1.807, 2.05) is 0 Å². The lowest BCUT2D eigenvalue weighted by molar-refractivity contribution is -0.387. The first kappa shape index (κ1) is 11.4. The molecule has 0 amide bonds. The van der Waals surface area contributed by atoms with E-state index >= 15 is 0 Å². The number of alkyl halides is 3. The van der Waals surface area contributed by atoms with E-state index in [9.17, 15) is 27.7 Å². The lowest BCUT2D eigenvalue weighted by atomic mass is 10.1. The Balaban J connectivity index is 3.43. The number of benzene rings is 1. The van der Waals surface area contributed by atoms with Gasteiger partial charge in [0.15, 0.2) is 0 Å². The fraction of sp³-hybridized carbons (Fsp3) is 0.250. The number of hydrogen-bond donors (Lipinski definition) is 0. The second kappa shape index (κ2) is 3.48. The van der Waals surface area contributed by atoms with Gasteiger partial charge in [0.2, 0.25) is 5.82 Å². The monoisotopic (exact) mass is 223 g/mol. The molecule has 0 bridgehead atoms. The zero-order valence-corrected chi connectivity index (χ0v) is 7.43. The quantitative estimate of drug-likeness (QED) is 0.417. The van der Waals surface area contributed by atoms with E-state index in [1.54, 1.807) is 0 Å². The number of nitrogens with zero attached hydrogens (tertiary/aromatic N) is 1. The highest BCUT2D eigenvalue weighted by Crippen LogP contribution is 2.33. The van der Waals surface area contributed by atoms with Crippen LogP contribution in [0.25, 0.3) is 0 Å². The summed E-state index contributed by atoms with van der Waals surface area (Å²) in [5.41, 5.74) is -2.80. The molecule has 7 heteroatoms. The predicted molar refractivity (Wildman–Crippen MR) is 42.8 cm³/mol. The summed E-state index contributed by atoms with van der Waals surface area (Å²) in [7, 11) is 0. The van der Waals surface area contributed by atoms with Crippen molar-refractivity contribution in [1.82, 2.24) is 0 Å². The Morgan fingerprint density at radius 1 is 1.33 bits per heavy atom. The normalized spacial score (nSPS) is 11.5. The fourth-order valence-electron chi connectivity index (χ4n) is 1.05. The summed E-state index contributed by atoms with van der Waals surface area (Å²) in [4.78, 5) is 9.07. The third kappa shape index (κ3) is 2.23. The molecule has 0 heterocycles. The molecule has 0 saturated carbocycles. The van der Waals surface area contributed by atoms with Gasteiger partial charge in [-0.3, -0.25) is 10.1 Å². The average Bonchev–Trinajstić information content (AvgIpc) is 2.06. The van der Waals surface area contributed by atoms with Crippen molar-refractivity contribution < 1.29 is 22.5 Å². The van der Waals surface area contributed by atoms with Gasteiger partial charge in [-0.2, -0.15) is 17.6 Å². The van der Waals surface area contributed by atoms with Crippen LogP contribution in [0.3, 0.4) is 0 Å². The lowest BCUT2D eigenvalue weighted by Crippen LogP contribution is -2.07. The van der Waals surface area contributed by atoms with Gasteiger partial charge < -0.3 is 0 Å². The molecule has 1 aromatic carbocycles. The number of nitro groups is 1. The van der Waals surface area contributed by atoms with Crippen molar-refractivity contribution in [1.29, 1.82) is 0 Å². The molecule has 0 N–H and O–H groups in total. The summed E-state index contributed by atoms with van der Waals surface area (Å²) in [5, 5.41) is 10.3. The van der Waals surface area contributed by atoms with Crippen molar-refractivity contribution in [3.63, 3.8) is 0 Å². The maximum Gasteiger partial charge on any atom is 0.416 e. The summed E-state index contributed by atoms with van der Waals surface area (Å²) in [6, 6.07) is 0.713. The van der Waals surface area contributed by atoms with Crippen molar-refractivity contribution in [3.05, 3.63) is 39.2 Å². The summed E-state index contributed by atoms with van der Waals surface area (Å²) >= 11 is 0. The smallest absolute Gasteiger partial charge is 0.258 e. The van der Waals surface area contributed by atoms with Crippen LogP contribution in [0.15, 0.2) is 12.1 Å². The van der Waals surface area contributed by atoms with Gasteiger partial charge in [0.1, 0.15) is 0 Å². The molecule has 0 unspecified atom stereocenters. The number of nitro benzene ring substituents is 1. The molecule has 1 aromatic rings. The Bertz CT molecular complexity index is 414. The van der Waals surface area contributed by atoms with Crippen LogP contribution in [0.2, 0.25) is 0 Å². The van der Waals surface area contributed by atoms with E-state index in [0.29, 0.717) is 6.07 Å². The van der Waals surface area contributed by atoms with E-state index in [2.05, 4.69) is 0 Å². The molecule has 3 nitrogen and oxygen atoms in total. The number of halogens is 4. The van der Waals surface area contributed by atoms with Gasteiger partial charge in [-0.1, -0.05) is 0 Å². The van der Waals surface area contributed by atoms with Crippen LogP contribution in [0.4, 0.5) is 23.2 Å². The van der Waals surface area contributed by atoms with E-state index in [4.69, 9.17) is 0 Å². The van der Waals surface area contributed by atoms with Gasteiger partial charge >= 0.3 is 11.9 Å². The van der Waals surface area contributed by atoms with Crippen molar-refractivity contribution in [3.8, 4) is 0 Å². The second-order valence-corrected chi connectivity index (χ2v) is 2.88. The molecule has 0 aliphatic carbocycles.